The van der Waals surface area contributed by atoms with E-state index in [4.69, 9.17) is 0 Å². The number of amides is 1. The van der Waals surface area contributed by atoms with Gasteiger partial charge >= 0.3 is 5.91 Å². The van der Waals surface area contributed by atoms with Crippen molar-refractivity contribution in [3.63, 3.8) is 0 Å². The van der Waals surface area contributed by atoms with Crippen molar-refractivity contribution in [2.75, 3.05) is 4.90 Å². The van der Waals surface area contributed by atoms with E-state index in [0.717, 1.165) is 16.9 Å². The van der Waals surface area contributed by atoms with Gasteiger partial charge in [0.15, 0.2) is 5.13 Å². The van der Waals surface area contributed by atoms with Crippen LogP contribution in [-0.2, 0) is 15.0 Å². The molecule has 176 valence electrons. The second-order valence-electron chi connectivity index (χ2n) is 9.52. The summed E-state index contributed by atoms with van der Waals surface area (Å²) in [4.78, 5) is 32.5. The van der Waals surface area contributed by atoms with Crippen molar-refractivity contribution in [2.45, 2.75) is 32.2 Å². The normalized spacial score (nSPS) is 17.9. The van der Waals surface area contributed by atoms with E-state index in [1.807, 2.05) is 24.3 Å². The Bertz CT molecular complexity index is 1480. The van der Waals surface area contributed by atoms with Crippen LogP contribution in [0.5, 0.6) is 0 Å². The molecule has 1 N–H and O–H groups in total. The van der Waals surface area contributed by atoms with Crippen LogP contribution in [0.4, 0.5) is 9.52 Å². The summed E-state index contributed by atoms with van der Waals surface area (Å²) in [6, 6.07) is 19.7. The van der Waals surface area contributed by atoms with E-state index in [2.05, 4.69) is 25.8 Å². The Kier molecular flexibility index (Phi) is 5.52. The molecule has 1 aromatic heterocycles. The fourth-order valence-electron chi connectivity index (χ4n) is 4.25. The third-order valence-electron chi connectivity index (χ3n) is 6.13. The highest BCUT2D eigenvalue weighted by Gasteiger charge is 2.48. The smallest absolute Gasteiger partial charge is 0.301 e. The van der Waals surface area contributed by atoms with Crippen molar-refractivity contribution in [3.8, 4) is 0 Å². The molecule has 0 aliphatic carbocycles. The number of halogens is 1. The van der Waals surface area contributed by atoms with Gasteiger partial charge in [0.1, 0.15) is 11.6 Å². The second-order valence-corrected chi connectivity index (χ2v) is 10.5. The standard InChI is InChI=1S/C28H23FN2O3S/c1-28(2,3)18-11-9-16(10-12-18)23-22(24(32)17-7-5-4-6-8-17)25(33)26(34)31(23)27-30-20-14-13-19(29)15-21(20)35-27/h4-15,23,32H,1-3H3/t23-/m0/s1. The number of carbonyl (C=O) groups is 2. The van der Waals surface area contributed by atoms with Gasteiger partial charge in [0.05, 0.1) is 21.8 Å². The number of ketones is 1. The summed E-state index contributed by atoms with van der Waals surface area (Å²) in [5.74, 6) is -2.23. The Labute approximate surface area is 206 Å². The van der Waals surface area contributed by atoms with E-state index in [1.54, 1.807) is 36.4 Å². The van der Waals surface area contributed by atoms with Crippen LogP contribution in [0.15, 0.2) is 78.4 Å². The molecule has 3 aromatic carbocycles. The maximum Gasteiger partial charge on any atom is 0.301 e. The molecule has 0 saturated carbocycles. The van der Waals surface area contributed by atoms with Crippen molar-refractivity contribution in [1.82, 2.24) is 4.98 Å². The number of hydrogen-bond donors (Lipinski definition) is 1. The third kappa shape index (κ3) is 4.02. The van der Waals surface area contributed by atoms with Gasteiger partial charge in [-0.15, -0.1) is 0 Å². The van der Waals surface area contributed by atoms with Crippen molar-refractivity contribution in [2.24, 2.45) is 0 Å². The molecule has 7 heteroatoms. The largest absolute Gasteiger partial charge is 0.507 e. The van der Waals surface area contributed by atoms with E-state index >= 15 is 0 Å². The van der Waals surface area contributed by atoms with Gasteiger partial charge in [0.2, 0.25) is 0 Å². The highest BCUT2D eigenvalue weighted by molar-refractivity contribution is 7.22. The van der Waals surface area contributed by atoms with Gasteiger partial charge in [-0.2, -0.15) is 0 Å². The van der Waals surface area contributed by atoms with Crippen LogP contribution in [0.25, 0.3) is 16.0 Å². The van der Waals surface area contributed by atoms with Crippen molar-refractivity contribution >= 4 is 44.1 Å². The maximum absolute atomic E-state index is 13.8. The molecule has 1 amide bonds. The number of rotatable bonds is 3. The molecule has 2 heterocycles. The third-order valence-corrected chi connectivity index (χ3v) is 7.15. The number of aliphatic hydroxyl groups is 1. The minimum atomic E-state index is -0.880. The second kappa shape index (κ2) is 8.43. The number of carbonyl (C=O) groups excluding carboxylic acids is 2. The summed E-state index contributed by atoms with van der Waals surface area (Å²) in [6.45, 7) is 6.30. The number of aromatic nitrogens is 1. The Morgan fingerprint density at radius 3 is 2.34 bits per heavy atom. The van der Waals surface area contributed by atoms with Crippen LogP contribution in [0.1, 0.15) is 43.5 Å². The first-order valence-corrected chi connectivity index (χ1v) is 12.0. The quantitative estimate of drug-likeness (QED) is 0.208. The van der Waals surface area contributed by atoms with Gasteiger partial charge < -0.3 is 5.11 Å². The highest BCUT2D eigenvalue weighted by Crippen LogP contribution is 2.44. The zero-order chi connectivity index (χ0) is 24.9. The van der Waals surface area contributed by atoms with E-state index in [-0.39, 0.29) is 21.9 Å². The van der Waals surface area contributed by atoms with E-state index in [1.165, 1.54) is 17.0 Å². The average molecular weight is 487 g/mol. The number of thiazole rings is 1. The van der Waals surface area contributed by atoms with E-state index in [0.29, 0.717) is 21.3 Å². The van der Waals surface area contributed by atoms with Crippen LogP contribution in [-0.4, -0.2) is 21.8 Å². The molecule has 1 aliphatic rings. The van der Waals surface area contributed by atoms with Gasteiger partial charge in [0.25, 0.3) is 5.78 Å². The Morgan fingerprint density at radius 2 is 1.69 bits per heavy atom. The van der Waals surface area contributed by atoms with Crippen LogP contribution in [0, 0.1) is 5.82 Å². The Hall–Kier alpha value is -3.84. The zero-order valence-corrected chi connectivity index (χ0v) is 20.3. The van der Waals surface area contributed by atoms with Crippen LogP contribution >= 0.6 is 11.3 Å². The molecule has 0 spiro atoms. The summed E-state index contributed by atoms with van der Waals surface area (Å²) in [6.07, 6.45) is 0. The Morgan fingerprint density at radius 1 is 1.00 bits per heavy atom. The molecule has 35 heavy (non-hydrogen) atoms. The molecule has 5 nitrogen and oxygen atoms in total. The predicted molar refractivity (Wildman–Crippen MR) is 136 cm³/mol. The molecule has 5 rings (SSSR count). The molecule has 0 bridgehead atoms. The lowest BCUT2D eigenvalue weighted by molar-refractivity contribution is -0.132. The summed E-state index contributed by atoms with van der Waals surface area (Å²) in [5.41, 5.74) is 2.64. The monoisotopic (exact) mass is 486 g/mol. The topological polar surface area (TPSA) is 70.5 Å². The van der Waals surface area contributed by atoms with Gasteiger partial charge in [-0.1, -0.05) is 86.7 Å². The minimum Gasteiger partial charge on any atom is -0.507 e. The molecule has 1 aliphatic heterocycles. The first-order chi connectivity index (χ1) is 16.6. The van der Waals surface area contributed by atoms with Crippen molar-refractivity contribution in [3.05, 3.63) is 101 Å². The van der Waals surface area contributed by atoms with Crippen molar-refractivity contribution in [1.29, 1.82) is 0 Å². The van der Waals surface area contributed by atoms with Crippen LogP contribution < -0.4 is 4.90 Å². The number of aliphatic hydroxyl groups excluding tert-OH is 1. The molecule has 0 radical (unpaired) electrons. The van der Waals surface area contributed by atoms with Crippen molar-refractivity contribution < 1.29 is 19.1 Å². The number of benzene rings is 3. The first-order valence-electron chi connectivity index (χ1n) is 11.2. The molecule has 0 unspecified atom stereocenters. The fraction of sp³-hybridized carbons (Fsp3) is 0.179. The molecule has 1 atom stereocenters. The SMILES string of the molecule is CC(C)(C)c1ccc([C@H]2C(=C(O)c3ccccc3)C(=O)C(=O)N2c2nc3ccc(F)cc3s2)cc1. The molecular weight excluding hydrogens is 463 g/mol. The number of anilines is 1. The first kappa shape index (κ1) is 22.9. The van der Waals surface area contributed by atoms with Crippen LogP contribution in [0.2, 0.25) is 0 Å². The molecular formula is C28H23FN2O3S. The lowest BCUT2D eigenvalue weighted by Crippen LogP contribution is -2.29. The van der Waals surface area contributed by atoms with E-state index in [9.17, 15) is 19.1 Å². The minimum absolute atomic E-state index is 0.00450. The fourth-order valence-corrected chi connectivity index (χ4v) is 5.27. The maximum atomic E-state index is 13.8. The number of hydrogen-bond acceptors (Lipinski definition) is 5. The number of Topliss-reactive ketones (excluding diaryl/α,β-unsaturated/α-hetero) is 1. The van der Waals surface area contributed by atoms with Gasteiger partial charge in [-0.3, -0.25) is 14.5 Å². The lowest BCUT2D eigenvalue weighted by atomic mass is 9.85. The van der Waals surface area contributed by atoms with E-state index < -0.39 is 23.5 Å². The van der Waals surface area contributed by atoms with Gasteiger partial charge in [0, 0.05) is 5.56 Å². The summed E-state index contributed by atoms with van der Waals surface area (Å²) in [5, 5.41) is 11.4. The summed E-state index contributed by atoms with van der Waals surface area (Å²) < 4.78 is 14.4. The molecule has 1 saturated heterocycles. The lowest BCUT2D eigenvalue weighted by Gasteiger charge is -2.24. The molecule has 4 aromatic rings. The van der Waals surface area contributed by atoms with Gasteiger partial charge in [-0.05, 0) is 34.7 Å². The average Bonchev–Trinajstić information content (AvgIpc) is 3.36. The van der Waals surface area contributed by atoms with Gasteiger partial charge in [-0.25, -0.2) is 9.37 Å². The summed E-state index contributed by atoms with van der Waals surface area (Å²) in [7, 11) is 0. The van der Waals surface area contributed by atoms with Crippen LogP contribution in [0.3, 0.4) is 0 Å². The predicted octanol–water partition coefficient (Wildman–Crippen LogP) is 6.36. The number of nitrogens with zero attached hydrogens (tertiary/aromatic N) is 2. The summed E-state index contributed by atoms with van der Waals surface area (Å²) >= 11 is 1.13. The Balaban J connectivity index is 1.72. The zero-order valence-electron chi connectivity index (χ0n) is 19.4. The highest BCUT2D eigenvalue weighted by atomic mass is 32.1. The molecule has 1 fully saturated rings. The number of fused-ring (bicyclic) bond motifs is 1.